The van der Waals surface area contributed by atoms with Crippen LogP contribution >= 0.6 is 0 Å². The van der Waals surface area contributed by atoms with E-state index in [2.05, 4.69) is 0 Å². The molecule has 2 fully saturated rings. The van der Waals surface area contributed by atoms with E-state index in [1.807, 2.05) is 4.90 Å². The molecular weight excluding hydrogens is 166 g/mol. The van der Waals surface area contributed by atoms with Crippen LogP contribution in [-0.2, 0) is 0 Å². The van der Waals surface area contributed by atoms with E-state index in [4.69, 9.17) is 4.42 Å². The lowest BCUT2D eigenvalue weighted by molar-refractivity contribution is 0.0744. The molecule has 1 saturated heterocycles. The van der Waals surface area contributed by atoms with Crippen LogP contribution in [0, 0.1) is 11.8 Å². The van der Waals surface area contributed by atoms with Crippen molar-refractivity contribution in [1.29, 1.82) is 0 Å². The summed E-state index contributed by atoms with van der Waals surface area (Å²) in [5.74, 6) is 2.11. The number of furan rings is 1. The monoisotopic (exact) mass is 177 g/mol. The van der Waals surface area contributed by atoms with Gasteiger partial charge in [0.1, 0.15) is 0 Å². The molecule has 0 aromatic carbocycles. The minimum atomic E-state index is 0.0530. The van der Waals surface area contributed by atoms with Gasteiger partial charge in [-0.1, -0.05) is 0 Å². The van der Waals surface area contributed by atoms with Gasteiger partial charge in [-0.2, -0.15) is 0 Å². The van der Waals surface area contributed by atoms with Crippen molar-refractivity contribution in [2.45, 2.75) is 6.42 Å². The van der Waals surface area contributed by atoms with E-state index in [9.17, 15) is 4.79 Å². The number of amides is 1. The Labute approximate surface area is 76.3 Å². The maximum absolute atomic E-state index is 11.7. The zero-order valence-electron chi connectivity index (χ0n) is 7.27. The third-order valence-electron chi connectivity index (χ3n) is 3.00. The second-order valence-electron chi connectivity index (χ2n) is 3.94. The molecule has 0 N–H and O–H groups in total. The maximum atomic E-state index is 11.7. The van der Waals surface area contributed by atoms with E-state index >= 15 is 0 Å². The SMILES string of the molecule is O=C(c1ccco1)N1CC2CC2C1. The first kappa shape index (κ1) is 7.18. The minimum absolute atomic E-state index is 0.0530. The summed E-state index contributed by atoms with van der Waals surface area (Å²) < 4.78 is 5.07. The second-order valence-corrected chi connectivity index (χ2v) is 3.94. The highest BCUT2D eigenvalue weighted by atomic mass is 16.3. The highest BCUT2D eigenvalue weighted by Crippen LogP contribution is 2.45. The number of carbonyl (C=O) groups excluding carboxylic acids is 1. The smallest absolute Gasteiger partial charge is 0.289 e. The average Bonchev–Trinajstić information content (AvgIpc) is 2.63. The largest absolute Gasteiger partial charge is 0.459 e. The molecule has 3 heteroatoms. The Bertz CT molecular complexity index is 321. The van der Waals surface area contributed by atoms with E-state index in [0.29, 0.717) is 5.76 Å². The summed E-state index contributed by atoms with van der Waals surface area (Å²) in [5.41, 5.74) is 0. The molecule has 13 heavy (non-hydrogen) atoms. The van der Waals surface area contributed by atoms with Crippen molar-refractivity contribution in [2.75, 3.05) is 13.1 Å². The fourth-order valence-corrected chi connectivity index (χ4v) is 2.12. The molecule has 0 spiro atoms. The molecule has 0 radical (unpaired) electrons. The molecule has 2 unspecified atom stereocenters. The zero-order chi connectivity index (χ0) is 8.84. The summed E-state index contributed by atoms with van der Waals surface area (Å²) in [5, 5.41) is 0. The first-order valence-electron chi connectivity index (χ1n) is 4.67. The number of hydrogen-bond acceptors (Lipinski definition) is 2. The molecule has 2 aliphatic rings. The third-order valence-corrected chi connectivity index (χ3v) is 3.00. The van der Waals surface area contributed by atoms with E-state index in [1.54, 1.807) is 18.4 Å². The lowest BCUT2D eigenvalue weighted by Crippen LogP contribution is -2.29. The Balaban J connectivity index is 1.75. The van der Waals surface area contributed by atoms with Gasteiger partial charge in [0.15, 0.2) is 5.76 Å². The summed E-state index contributed by atoms with van der Waals surface area (Å²) in [6, 6.07) is 3.48. The normalized spacial score (nSPS) is 30.3. The van der Waals surface area contributed by atoms with Crippen LogP contribution in [0.25, 0.3) is 0 Å². The summed E-state index contributed by atoms with van der Waals surface area (Å²) in [7, 11) is 0. The Morgan fingerprint density at radius 3 is 2.85 bits per heavy atom. The Hall–Kier alpha value is -1.25. The van der Waals surface area contributed by atoms with Crippen LogP contribution in [0.4, 0.5) is 0 Å². The van der Waals surface area contributed by atoms with Gasteiger partial charge in [0.2, 0.25) is 0 Å². The van der Waals surface area contributed by atoms with Crippen LogP contribution in [0.1, 0.15) is 17.0 Å². The van der Waals surface area contributed by atoms with Crippen LogP contribution in [0.5, 0.6) is 0 Å². The molecule has 1 aromatic heterocycles. The standard InChI is InChI=1S/C10H11NO2/c12-10(9-2-1-3-13-9)11-5-7-4-8(7)6-11/h1-3,7-8H,4-6H2. The fourth-order valence-electron chi connectivity index (χ4n) is 2.12. The summed E-state index contributed by atoms with van der Waals surface area (Å²) in [6.45, 7) is 1.87. The number of rotatable bonds is 1. The van der Waals surface area contributed by atoms with E-state index < -0.39 is 0 Å². The topological polar surface area (TPSA) is 33.5 Å². The Morgan fingerprint density at radius 2 is 2.23 bits per heavy atom. The molecule has 68 valence electrons. The number of carbonyl (C=O) groups is 1. The zero-order valence-corrected chi connectivity index (χ0v) is 7.27. The van der Waals surface area contributed by atoms with Crippen molar-refractivity contribution in [1.82, 2.24) is 4.90 Å². The van der Waals surface area contributed by atoms with Crippen molar-refractivity contribution in [3.8, 4) is 0 Å². The summed E-state index contributed by atoms with van der Waals surface area (Å²) in [6.07, 6.45) is 2.87. The lowest BCUT2D eigenvalue weighted by atomic mass is 10.3. The quantitative estimate of drug-likeness (QED) is 0.649. The van der Waals surface area contributed by atoms with Gasteiger partial charge in [-0.3, -0.25) is 4.79 Å². The molecular formula is C10H11NO2. The molecule has 2 atom stereocenters. The van der Waals surface area contributed by atoms with Crippen LogP contribution in [0.15, 0.2) is 22.8 Å². The second kappa shape index (κ2) is 2.37. The van der Waals surface area contributed by atoms with Gasteiger partial charge in [-0.25, -0.2) is 0 Å². The molecule has 1 amide bonds. The number of fused-ring (bicyclic) bond motifs is 1. The molecule has 1 aromatic rings. The van der Waals surface area contributed by atoms with Crippen molar-refractivity contribution in [2.24, 2.45) is 11.8 Å². The number of nitrogens with zero attached hydrogens (tertiary/aromatic N) is 1. The summed E-state index contributed by atoms with van der Waals surface area (Å²) >= 11 is 0. The average molecular weight is 177 g/mol. The maximum Gasteiger partial charge on any atom is 0.289 e. The van der Waals surface area contributed by atoms with Crippen LogP contribution in [0.2, 0.25) is 0 Å². The van der Waals surface area contributed by atoms with Crippen molar-refractivity contribution in [3.63, 3.8) is 0 Å². The summed E-state index contributed by atoms with van der Waals surface area (Å²) in [4.78, 5) is 13.6. The fraction of sp³-hybridized carbons (Fsp3) is 0.500. The molecule has 1 saturated carbocycles. The number of hydrogen-bond donors (Lipinski definition) is 0. The van der Waals surface area contributed by atoms with Gasteiger partial charge < -0.3 is 9.32 Å². The predicted molar refractivity (Wildman–Crippen MR) is 46.2 cm³/mol. The Morgan fingerprint density at radius 1 is 1.46 bits per heavy atom. The lowest BCUT2D eigenvalue weighted by Gasteiger charge is -2.15. The van der Waals surface area contributed by atoms with Gasteiger partial charge in [-0.15, -0.1) is 0 Å². The van der Waals surface area contributed by atoms with Gasteiger partial charge >= 0.3 is 0 Å². The van der Waals surface area contributed by atoms with Gasteiger partial charge in [0.25, 0.3) is 5.91 Å². The molecule has 1 aliphatic carbocycles. The predicted octanol–water partition coefficient (Wildman–Crippen LogP) is 1.37. The molecule has 3 nitrogen and oxygen atoms in total. The van der Waals surface area contributed by atoms with Crippen molar-refractivity contribution < 1.29 is 9.21 Å². The van der Waals surface area contributed by atoms with E-state index in [0.717, 1.165) is 24.9 Å². The van der Waals surface area contributed by atoms with Crippen LogP contribution < -0.4 is 0 Å². The van der Waals surface area contributed by atoms with Gasteiger partial charge in [0, 0.05) is 13.1 Å². The third kappa shape index (κ3) is 1.07. The van der Waals surface area contributed by atoms with Crippen LogP contribution in [0.3, 0.4) is 0 Å². The highest BCUT2D eigenvalue weighted by molar-refractivity contribution is 5.91. The van der Waals surface area contributed by atoms with E-state index in [1.165, 1.54) is 6.42 Å². The van der Waals surface area contributed by atoms with Crippen molar-refractivity contribution in [3.05, 3.63) is 24.2 Å². The van der Waals surface area contributed by atoms with Crippen molar-refractivity contribution >= 4 is 5.91 Å². The Kier molecular flexibility index (Phi) is 1.31. The number of piperidine rings is 1. The minimum Gasteiger partial charge on any atom is -0.459 e. The van der Waals surface area contributed by atoms with E-state index in [-0.39, 0.29) is 5.91 Å². The number of likely N-dealkylation sites (tertiary alicyclic amines) is 1. The van der Waals surface area contributed by atoms with Crippen LogP contribution in [-0.4, -0.2) is 23.9 Å². The molecule has 3 rings (SSSR count). The molecule has 2 heterocycles. The highest BCUT2D eigenvalue weighted by Gasteiger charge is 2.46. The van der Waals surface area contributed by atoms with Gasteiger partial charge in [-0.05, 0) is 30.4 Å². The molecule has 1 aliphatic heterocycles. The first-order valence-corrected chi connectivity index (χ1v) is 4.67. The molecule has 0 bridgehead atoms. The first-order chi connectivity index (χ1) is 6.34. The van der Waals surface area contributed by atoms with Gasteiger partial charge in [0.05, 0.1) is 6.26 Å².